The number of thioether (sulfide) groups is 1. The standard InChI is InChI=1S/C30H25N3O3S/c1-20(37-25-11-7-10-24(19-25)31-28(34)18-21-8-3-2-4-9-21)29(35)32-23-16-14-22(15-17-23)30-33-26-12-5-6-13-27(26)36-30/h2-17,19-20H,18H2,1H3,(H,31,34)(H,32,35). The van der Waals surface area contributed by atoms with Crippen LogP contribution in [0.5, 0.6) is 0 Å². The quantitative estimate of drug-likeness (QED) is 0.226. The summed E-state index contributed by atoms with van der Waals surface area (Å²) in [6.45, 7) is 1.85. The van der Waals surface area contributed by atoms with Crippen LogP contribution in [0.2, 0.25) is 0 Å². The Kier molecular flexibility index (Phi) is 7.33. The lowest BCUT2D eigenvalue weighted by atomic mass is 10.1. The Morgan fingerprint density at radius 1 is 0.838 bits per heavy atom. The van der Waals surface area contributed by atoms with Crippen LogP contribution in [-0.4, -0.2) is 22.0 Å². The maximum Gasteiger partial charge on any atom is 0.237 e. The number of carbonyl (C=O) groups is 2. The predicted molar refractivity (Wildman–Crippen MR) is 149 cm³/mol. The lowest BCUT2D eigenvalue weighted by molar-refractivity contribution is -0.116. The molecular formula is C30H25N3O3S. The Morgan fingerprint density at radius 2 is 1.59 bits per heavy atom. The Hall–Kier alpha value is -4.36. The number of carbonyl (C=O) groups excluding carboxylic acids is 2. The average Bonchev–Trinajstić information content (AvgIpc) is 3.34. The summed E-state index contributed by atoms with van der Waals surface area (Å²) in [6, 6.07) is 32.2. The third-order valence-electron chi connectivity index (χ3n) is 5.70. The number of fused-ring (bicyclic) bond motifs is 1. The lowest BCUT2D eigenvalue weighted by Crippen LogP contribution is -2.22. The number of nitrogens with one attached hydrogen (secondary N) is 2. The SMILES string of the molecule is CC(Sc1cccc(NC(=O)Cc2ccccc2)c1)C(=O)Nc1ccc(-c2nc3ccccc3o2)cc1. The van der Waals surface area contributed by atoms with Crippen LogP contribution < -0.4 is 10.6 Å². The van der Waals surface area contributed by atoms with Gasteiger partial charge in [0.1, 0.15) is 5.52 Å². The number of nitrogens with zero attached hydrogens (tertiary/aromatic N) is 1. The largest absolute Gasteiger partial charge is 0.436 e. The van der Waals surface area contributed by atoms with Crippen molar-refractivity contribution in [3.05, 3.63) is 109 Å². The van der Waals surface area contributed by atoms with E-state index in [1.807, 2.05) is 110 Å². The molecule has 2 amide bonds. The molecule has 0 bridgehead atoms. The zero-order valence-electron chi connectivity index (χ0n) is 20.2. The van der Waals surface area contributed by atoms with Crippen molar-refractivity contribution >= 4 is 46.1 Å². The monoisotopic (exact) mass is 507 g/mol. The second-order valence-corrected chi connectivity index (χ2v) is 9.97. The molecule has 4 aromatic carbocycles. The number of rotatable bonds is 8. The van der Waals surface area contributed by atoms with Gasteiger partial charge in [-0.15, -0.1) is 11.8 Å². The molecule has 0 aliphatic carbocycles. The predicted octanol–water partition coefficient (Wildman–Crippen LogP) is 6.80. The molecule has 1 aromatic heterocycles. The summed E-state index contributed by atoms with van der Waals surface area (Å²) in [6.07, 6.45) is 0.308. The number of amides is 2. The smallest absolute Gasteiger partial charge is 0.237 e. The van der Waals surface area contributed by atoms with Crippen molar-refractivity contribution < 1.29 is 14.0 Å². The highest BCUT2D eigenvalue weighted by molar-refractivity contribution is 8.00. The van der Waals surface area contributed by atoms with Gasteiger partial charge in [-0.05, 0) is 67.1 Å². The molecule has 37 heavy (non-hydrogen) atoms. The van der Waals surface area contributed by atoms with Gasteiger partial charge in [0.15, 0.2) is 5.58 Å². The van der Waals surface area contributed by atoms with Gasteiger partial charge < -0.3 is 15.1 Å². The van der Waals surface area contributed by atoms with Crippen molar-refractivity contribution in [2.24, 2.45) is 0 Å². The van der Waals surface area contributed by atoms with Gasteiger partial charge in [-0.2, -0.15) is 0 Å². The van der Waals surface area contributed by atoms with Crippen LogP contribution in [0.1, 0.15) is 12.5 Å². The molecule has 5 aromatic rings. The van der Waals surface area contributed by atoms with Gasteiger partial charge in [0.05, 0.1) is 11.7 Å². The van der Waals surface area contributed by atoms with E-state index in [1.165, 1.54) is 11.8 Å². The van der Waals surface area contributed by atoms with Crippen molar-refractivity contribution in [1.29, 1.82) is 0 Å². The molecule has 0 spiro atoms. The van der Waals surface area contributed by atoms with Crippen LogP contribution in [0.3, 0.4) is 0 Å². The number of oxazole rings is 1. The minimum absolute atomic E-state index is 0.0829. The molecule has 0 radical (unpaired) electrons. The van der Waals surface area contributed by atoms with Gasteiger partial charge in [0.25, 0.3) is 0 Å². The van der Waals surface area contributed by atoms with Crippen LogP contribution >= 0.6 is 11.8 Å². The number of para-hydroxylation sites is 2. The highest BCUT2D eigenvalue weighted by Gasteiger charge is 2.16. The highest BCUT2D eigenvalue weighted by atomic mass is 32.2. The van der Waals surface area contributed by atoms with E-state index in [0.29, 0.717) is 23.7 Å². The molecular weight excluding hydrogens is 482 g/mol. The van der Waals surface area contributed by atoms with Gasteiger partial charge >= 0.3 is 0 Å². The summed E-state index contributed by atoms with van der Waals surface area (Å²) in [5.74, 6) is 0.345. The fourth-order valence-electron chi connectivity index (χ4n) is 3.83. The van der Waals surface area contributed by atoms with E-state index in [0.717, 1.165) is 27.1 Å². The number of hydrogen-bond acceptors (Lipinski definition) is 5. The molecule has 6 nitrogen and oxygen atoms in total. The second-order valence-electron chi connectivity index (χ2n) is 8.55. The van der Waals surface area contributed by atoms with Crippen LogP contribution in [0.15, 0.2) is 112 Å². The molecule has 2 N–H and O–H groups in total. The maximum absolute atomic E-state index is 12.8. The molecule has 0 fully saturated rings. The molecule has 1 heterocycles. The van der Waals surface area contributed by atoms with E-state index in [1.54, 1.807) is 0 Å². The van der Waals surface area contributed by atoms with E-state index >= 15 is 0 Å². The van der Waals surface area contributed by atoms with Crippen molar-refractivity contribution in [1.82, 2.24) is 4.98 Å². The molecule has 184 valence electrons. The lowest BCUT2D eigenvalue weighted by Gasteiger charge is -2.13. The summed E-state index contributed by atoms with van der Waals surface area (Å²) in [5, 5.41) is 5.55. The summed E-state index contributed by atoms with van der Waals surface area (Å²) in [7, 11) is 0. The summed E-state index contributed by atoms with van der Waals surface area (Å²) >= 11 is 1.43. The van der Waals surface area contributed by atoms with Crippen molar-refractivity contribution in [2.45, 2.75) is 23.5 Å². The summed E-state index contributed by atoms with van der Waals surface area (Å²) in [5.41, 5.74) is 4.73. The Morgan fingerprint density at radius 3 is 2.38 bits per heavy atom. The first-order chi connectivity index (χ1) is 18.0. The Balaban J connectivity index is 1.17. The molecule has 0 saturated heterocycles. The van der Waals surface area contributed by atoms with Gasteiger partial charge in [0, 0.05) is 21.8 Å². The second kappa shape index (κ2) is 11.1. The minimum Gasteiger partial charge on any atom is -0.436 e. The van der Waals surface area contributed by atoms with Gasteiger partial charge in [-0.25, -0.2) is 4.98 Å². The van der Waals surface area contributed by atoms with Crippen LogP contribution in [0, 0.1) is 0 Å². The molecule has 0 saturated carbocycles. The van der Waals surface area contributed by atoms with Gasteiger partial charge in [0.2, 0.25) is 17.7 Å². The first-order valence-electron chi connectivity index (χ1n) is 11.9. The van der Waals surface area contributed by atoms with E-state index in [2.05, 4.69) is 15.6 Å². The molecule has 1 atom stereocenters. The van der Waals surface area contributed by atoms with Crippen LogP contribution in [0.25, 0.3) is 22.6 Å². The Bertz CT molecular complexity index is 1500. The zero-order chi connectivity index (χ0) is 25.6. The molecule has 5 rings (SSSR count). The van der Waals surface area contributed by atoms with E-state index in [9.17, 15) is 9.59 Å². The third-order valence-corrected chi connectivity index (χ3v) is 6.79. The number of hydrogen-bond donors (Lipinski definition) is 2. The van der Waals surface area contributed by atoms with Crippen molar-refractivity contribution in [3.8, 4) is 11.5 Å². The first-order valence-corrected chi connectivity index (χ1v) is 12.8. The third kappa shape index (κ3) is 6.26. The minimum atomic E-state index is -0.341. The topological polar surface area (TPSA) is 84.2 Å². The average molecular weight is 508 g/mol. The van der Waals surface area contributed by atoms with Gasteiger partial charge in [-0.1, -0.05) is 48.5 Å². The van der Waals surface area contributed by atoms with Crippen molar-refractivity contribution in [3.63, 3.8) is 0 Å². The van der Waals surface area contributed by atoms with Crippen molar-refractivity contribution in [2.75, 3.05) is 10.6 Å². The van der Waals surface area contributed by atoms with E-state index in [4.69, 9.17) is 4.42 Å². The maximum atomic E-state index is 12.8. The first kappa shape index (κ1) is 24.3. The Labute approximate surface area is 219 Å². The zero-order valence-corrected chi connectivity index (χ0v) is 21.0. The fraction of sp³-hybridized carbons (Fsp3) is 0.100. The summed E-state index contributed by atoms with van der Waals surface area (Å²) in [4.78, 5) is 30.6. The van der Waals surface area contributed by atoms with Gasteiger partial charge in [-0.3, -0.25) is 9.59 Å². The molecule has 0 aliphatic rings. The van der Waals surface area contributed by atoms with E-state index < -0.39 is 0 Å². The normalized spacial score (nSPS) is 11.7. The number of benzene rings is 4. The fourth-order valence-corrected chi connectivity index (χ4v) is 4.75. The number of aromatic nitrogens is 1. The molecule has 1 unspecified atom stereocenters. The van der Waals surface area contributed by atoms with Crippen LogP contribution in [0.4, 0.5) is 11.4 Å². The summed E-state index contributed by atoms with van der Waals surface area (Å²) < 4.78 is 5.81. The number of anilines is 2. The highest BCUT2D eigenvalue weighted by Crippen LogP contribution is 2.28. The molecule has 0 aliphatic heterocycles. The van der Waals surface area contributed by atoms with Crippen LogP contribution in [-0.2, 0) is 16.0 Å². The molecule has 7 heteroatoms. The van der Waals surface area contributed by atoms with E-state index in [-0.39, 0.29) is 17.1 Å².